The van der Waals surface area contributed by atoms with E-state index in [-0.39, 0.29) is 23.3 Å². The number of benzene rings is 1. The molecule has 5 nitrogen and oxygen atoms in total. The molecule has 5 heteroatoms. The van der Waals surface area contributed by atoms with E-state index in [9.17, 15) is 9.90 Å². The summed E-state index contributed by atoms with van der Waals surface area (Å²) in [6.45, 7) is 3.31. The number of piperidine rings is 1. The number of phenols is 1. The molecule has 116 valence electrons. The molecule has 21 heavy (non-hydrogen) atoms. The van der Waals surface area contributed by atoms with Crippen LogP contribution in [0.5, 0.6) is 11.5 Å². The van der Waals surface area contributed by atoms with Gasteiger partial charge in [-0.15, -0.1) is 0 Å². The Balaban J connectivity index is 2.23. The molecule has 0 aromatic heterocycles. The largest absolute Gasteiger partial charge is 0.504 e. The average molecular weight is 292 g/mol. The minimum atomic E-state index is -0.170. The Morgan fingerprint density at radius 2 is 2.29 bits per heavy atom. The fourth-order valence-electron chi connectivity index (χ4n) is 3.01. The molecule has 0 bridgehead atoms. The first kappa shape index (κ1) is 15.6. The summed E-state index contributed by atoms with van der Waals surface area (Å²) in [6.07, 6.45) is 3.04. The Hall–Kier alpha value is -1.75. The molecular formula is C16H24N2O3. The van der Waals surface area contributed by atoms with Gasteiger partial charge < -0.3 is 20.5 Å². The summed E-state index contributed by atoms with van der Waals surface area (Å²) in [4.78, 5) is 14.5. The molecule has 1 heterocycles. The lowest BCUT2D eigenvalue weighted by atomic mass is 9.88. The second-order valence-electron chi connectivity index (χ2n) is 5.54. The summed E-state index contributed by atoms with van der Waals surface area (Å²) < 4.78 is 5.07. The highest BCUT2D eigenvalue weighted by Gasteiger charge is 2.32. The zero-order valence-electron chi connectivity index (χ0n) is 12.7. The van der Waals surface area contributed by atoms with Gasteiger partial charge in [0.25, 0.3) is 5.91 Å². The van der Waals surface area contributed by atoms with Gasteiger partial charge in [0.2, 0.25) is 0 Å². The van der Waals surface area contributed by atoms with Gasteiger partial charge >= 0.3 is 0 Å². The molecule has 1 aromatic carbocycles. The molecule has 1 fully saturated rings. The summed E-state index contributed by atoms with van der Waals surface area (Å²) in [5, 5.41) is 10.1. The van der Waals surface area contributed by atoms with Crippen molar-refractivity contribution in [2.45, 2.75) is 32.2 Å². The van der Waals surface area contributed by atoms with Crippen LogP contribution in [-0.4, -0.2) is 42.2 Å². The first-order valence-corrected chi connectivity index (χ1v) is 7.49. The van der Waals surface area contributed by atoms with Crippen LogP contribution in [0.3, 0.4) is 0 Å². The van der Waals surface area contributed by atoms with Crippen LogP contribution in [0.15, 0.2) is 18.2 Å². The number of carbonyl (C=O) groups is 1. The third kappa shape index (κ3) is 3.13. The fraction of sp³-hybridized carbons (Fsp3) is 0.562. The Morgan fingerprint density at radius 3 is 2.90 bits per heavy atom. The van der Waals surface area contributed by atoms with E-state index in [0.717, 1.165) is 19.3 Å². The SMILES string of the molecule is CCC1CCN(C(=O)c2cccc(OC)c2O)C(CN)C1. The van der Waals surface area contributed by atoms with Gasteiger partial charge in [0.05, 0.1) is 12.7 Å². The maximum Gasteiger partial charge on any atom is 0.258 e. The predicted octanol–water partition coefficient (Wildman–Crippen LogP) is 1.99. The molecule has 3 N–H and O–H groups in total. The first-order valence-electron chi connectivity index (χ1n) is 7.49. The number of hydrogen-bond donors (Lipinski definition) is 2. The van der Waals surface area contributed by atoms with Crippen LogP contribution in [0.4, 0.5) is 0 Å². The normalized spacial score (nSPS) is 22.1. The molecule has 0 saturated carbocycles. The smallest absolute Gasteiger partial charge is 0.258 e. The number of hydrogen-bond acceptors (Lipinski definition) is 4. The Morgan fingerprint density at radius 1 is 1.52 bits per heavy atom. The number of nitrogens with zero attached hydrogens (tertiary/aromatic N) is 1. The van der Waals surface area contributed by atoms with Crippen molar-refractivity contribution in [2.24, 2.45) is 11.7 Å². The van der Waals surface area contributed by atoms with Gasteiger partial charge in [-0.05, 0) is 30.9 Å². The van der Waals surface area contributed by atoms with Crippen molar-refractivity contribution in [3.63, 3.8) is 0 Å². The molecule has 2 atom stereocenters. The number of para-hydroxylation sites is 1. The van der Waals surface area contributed by atoms with Gasteiger partial charge in [0.1, 0.15) is 0 Å². The zero-order chi connectivity index (χ0) is 15.4. The number of ether oxygens (including phenoxy) is 1. The van der Waals surface area contributed by atoms with E-state index in [2.05, 4.69) is 6.92 Å². The Labute approximate surface area is 125 Å². The standard InChI is InChI=1S/C16H24N2O3/c1-3-11-7-8-18(12(9-11)10-17)16(20)13-5-4-6-14(21-2)15(13)19/h4-6,11-12,19H,3,7-10,17H2,1-2H3. The van der Waals surface area contributed by atoms with Crippen LogP contribution < -0.4 is 10.5 Å². The van der Waals surface area contributed by atoms with E-state index in [1.165, 1.54) is 7.11 Å². The molecule has 1 amide bonds. The van der Waals surface area contributed by atoms with Gasteiger partial charge in [0.15, 0.2) is 11.5 Å². The molecule has 0 aliphatic carbocycles. The van der Waals surface area contributed by atoms with Crippen molar-refractivity contribution < 1.29 is 14.6 Å². The maximum absolute atomic E-state index is 12.7. The summed E-state index contributed by atoms with van der Waals surface area (Å²) in [5.41, 5.74) is 6.12. The van der Waals surface area contributed by atoms with Gasteiger partial charge in [-0.25, -0.2) is 0 Å². The number of nitrogens with two attached hydrogens (primary N) is 1. The Bertz CT molecular complexity index is 504. The van der Waals surface area contributed by atoms with E-state index in [1.807, 2.05) is 0 Å². The maximum atomic E-state index is 12.7. The van der Waals surface area contributed by atoms with Crippen LogP contribution in [-0.2, 0) is 0 Å². The zero-order valence-corrected chi connectivity index (χ0v) is 12.7. The third-order valence-corrected chi connectivity index (χ3v) is 4.38. The number of phenolic OH excluding ortho intramolecular Hbond substituents is 1. The lowest BCUT2D eigenvalue weighted by molar-refractivity contribution is 0.0555. The quantitative estimate of drug-likeness (QED) is 0.890. The van der Waals surface area contributed by atoms with Crippen molar-refractivity contribution in [3.05, 3.63) is 23.8 Å². The molecule has 0 radical (unpaired) electrons. The lowest BCUT2D eigenvalue weighted by Crippen LogP contribution is -2.49. The van der Waals surface area contributed by atoms with Crippen molar-refractivity contribution in [1.29, 1.82) is 0 Å². The molecule has 1 saturated heterocycles. The summed E-state index contributed by atoms with van der Waals surface area (Å²) in [5.74, 6) is 0.671. The van der Waals surface area contributed by atoms with E-state index in [1.54, 1.807) is 23.1 Å². The van der Waals surface area contributed by atoms with Crippen molar-refractivity contribution in [3.8, 4) is 11.5 Å². The number of likely N-dealkylation sites (tertiary alicyclic amines) is 1. The van der Waals surface area contributed by atoms with Crippen LogP contribution in [0, 0.1) is 5.92 Å². The second kappa shape index (κ2) is 6.80. The van der Waals surface area contributed by atoms with Crippen molar-refractivity contribution in [2.75, 3.05) is 20.2 Å². The minimum Gasteiger partial charge on any atom is -0.504 e. The van der Waals surface area contributed by atoms with E-state index in [4.69, 9.17) is 10.5 Å². The van der Waals surface area contributed by atoms with Crippen LogP contribution in [0.25, 0.3) is 0 Å². The molecule has 1 aromatic rings. The van der Waals surface area contributed by atoms with Crippen LogP contribution >= 0.6 is 0 Å². The van der Waals surface area contributed by atoms with E-state index < -0.39 is 0 Å². The number of methoxy groups -OCH3 is 1. The van der Waals surface area contributed by atoms with E-state index in [0.29, 0.717) is 24.8 Å². The third-order valence-electron chi connectivity index (χ3n) is 4.38. The number of rotatable bonds is 4. The Kier molecular flexibility index (Phi) is 5.07. The monoisotopic (exact) mass is 292 g/mol. The van der Waals surface area contributed by atoms with Gasteiger partial charge in [-0.3, -0.25) is 4.79 Å². The van der Waals surface area contributed by atoms with Crippen LogP contribution in [0.2, 0.25) is 0 Å². The number of carbonyl (C=O) groups excluding carboxylic acids is 1. The minimum absolute atomic E-state index is 0.0433. The highest BCUT2D eigenvalue weighted by molar-refractivity contribution is 5.98. The molecule has 1 aliphatic heterocycles. The van der Waals surface area contributed by atoms with Gasteiger partial charge in [-0.1, -0.05) is 19.4 Å². The van der Waals surface area contributed by atoms with E-state index >= 15 is 0 Å². The molecule has 2 unspecified atom stereocenters. The van der Waals surface area contributed by atoms with Crippen LogP contribution in [0.1, 0.15) is 36.5 Å². The number of aromatic hydroxyl groups is 1. The topological polar surface area (TPSA) is 75.8 Å². The van der Waals surface area contributed by atoms with Crippen molar-refractivity contribution >= 4 is 5.91 Å². The van der Waals surface area contributed by atoms with Gasteiger partial charge in [0, 0.05) is 19.1 Å². The molecule has 2 rings (SSSR count). The first-order chi connectivity index (χ1) is 10.1. The van der Waals surface area contributed by atoms with Gasteiger partial charge in [-0.2, -0.15) is 0 Å². The second-order valence-corrected chi connectivity index (χ2v) is 5.54. The molecular weight excluding hydrogens is 268 g/mol. The summed E-state index contributed by atoms with van der Waals surface area (Å²) in [7, 11) is 1.47. The average Bonchev–Trinajstić information content (AvgIpc) is 2.53. The highest BCUT2D eigenvalue weighted by atomic mass is 16.5. The van der Waals surface area contributed by atoms with Crippen molar-refractivity contribution in [1.82, 2.24) is 4.90 Å². The summed E-state index contributed by atoms with van der Waals surface area (Å²) >= 11 is 0. The highest BCUT2D eigenvalue weighted by Crippen LogP contribution is 2.32. The lowest BCUT2D eigenvalue weighted by Gasteiger charge is -2.39. The molecule has 1 aliphatic rings. The summed E-state index contributed by atoms with van der Waals surface area (Å²) in [6, 6.07) is 5.01. The predicted molar refractivity (Wildman–Crippen MR) is 81.6 cm³/mol. The molecule has 0 spiro atoms. The number of amides is 1. The fourth-order valence-corrected chi connectivity index (χ4v) is 3.01.